The van der Waals surface area contributed by atoms with Gasteiger partial charge in [0.05, 0.1) is 20.8 Å². The zero-order chi connectivity index (χ0) is 12.1. The molecule has 17 heavy (non-hydrogen) atoms. The maximum absolute atomic E-state index is 5.35. The second-order valence-electron chi connectivity index (χ2n) is 4.12. The molecule has 0 radical (unpaired) electrons. The van der Waals surface area contributed by atoms with Crippen molar-refractivity contribution in [2.75, 3.05) is 27.4 Å². The van der Waals surface area contributed by atoms with Crippen molar-refractivity contribution in [1.82, 2.24) is 5.32 Å². The van der Waals surface area contributed by atoms with Crippen molar-refractivity contribution in [1.29, 1.82) is 0 Å². The number of rotatable bonds is 5. The van der Waals surface area contributed by atoms with Gasteiger partial charge in [-0.25, -0.2) is 0 Å². The molecule has 1 aromatic rings. The second kappa shape index (κ2) is 5.89. The highest BCUT2D eigenvalue weighted by atomic mass is 16.5. The van der Waals surface area contributed by atoms with Crippen LogP contribution in [0.1, 0.15) is 12.0 Å². The zero-order valence-corrected chi connectivity index (χ0v) is 10.4. The molecule has 1 N–H and O–H groups in total. The summed E-state index contributed by atoms with van der Waals surface area (Å²) >= 11 is 0. The molecule has 0 spiro atoms. The largest absolute Gasteiger partial charge is 0.497 e. The third kappa shape index (κ3) is 3.11. The van der Waals surface area contributed by atoms with Crippen LogP contribution in [0.3, 0.4) is 0 Å². The Balaban J connectivity index is 1.98. The highest BCUT2D eigenvalue weighted by molar-refractivity contribution is 5.40. The molecule has 0 aromatic heterocycles. The molecule has 0 bridgehead atoms. The summed E-state index contributed by atoms with van der Waals surface area (Å²) in [5.74, 6) is 1.67. The standard InChI is InChI=1S/C13H19NO3/c1-15-12-4-3-10(13(7-12)16-2)8-14-11-5-6-17-9-11/h3-4,7,11,14H,5-6,8-9H2,1-2H3. The Morgan fingerprint density at radius 1 is 1.35 bits per heavy atom. The van der Waals surface area contributed by atoms with Crippen LogP contribution in [0.25, 0.3) is 0 Å². The number of hydrogen-bond acceptors (Lipinski definition) is 4. The van der Waals surface area contributed by atoms with Crippen molar-refractivity contribution < 1.29 is 14.2 Å². The molecule has 1 heterocycles. The summed E-state index contributed by atoms with van der Waals surface area (Å²) in [5, 5.41) is 3.46. The molecule has 1 aromatic carbocycles. The van der Waals surface area contributed by atoms with Gasteiger partial charge < -0.3 is 19.5 Å². The van der Waals surface area contributed by atoms with Crippen LogP contribution in [0.15, 0.2) is 18.2 Å². The molecule has 1 fully saturated rings. The van der Waals surface area contributed by atoms with Gasteiger partial charge in [0.25, 0.3) is 0 Å². The van der Waals surface area contributed by atoms with Gasteiger partial charge in [-0.1, -0.05) is 6.07 Å². The van der Waals surface area contributed by atoms with E-state index in [9.17, 15) is 0 Å². The van der Waals surface area contributed by atoms with Crippen LogP contribution in [0, 0.1) is 0 Å². The van der Waals surface area contributed by atoms with Gasteiger partial charge >= 0.3 is 0 Å². The monoisotopic (exact) mass is 237 g/mol. The van der Waals surface area contributed by atoms with E-state index in [-0.39, 0.29) is 0 Å². The van der Waals surface area contributed by atoms with E-state index in [0.717, 1.165) is 43.2 Å². The van der Waals surface area contributed by atoms with Gasteiger partial charge in [-0.2, -0.15) is 0 Å². The number of ether oxygens (including phenoxy) is 3. The Hall–Kier alpha value is -1.26. The van der Waals surface area contributed by atoms with Crippen molar-refractivity contribution >= 4 is 0 Å². The fourth-order valence-electron chi connectivity index (χ4n) is 1.95. The summed E-state index contributed by atoms with van der Waals surface area (Å²) in [6, 6.07) is 6.34. The molecule has 0 aliphatic carbocycles. The molecule has 2 rings (SSSR count). The Morgan fingerprint density at radius 3 is 2.88 bits per heavy atom. The highest BCUT2D eigenvalue weighted by Crippen LogP contribution is 2.24. The molecule has 1 saturated heterocycles. The van der Waals surface area contributed by atoms with E-state index in [4.69, 9.17) is 14.2 Å². The van der Waals surface area contributed by atoms with Gasteiger partial charge in [0, 0.05) is 30.8 Å². The van der Waals surface area contributed by atoms with E-state index in [0.29, 0.717) is 6.04 Å². The Morgan fingerprint density at radius 2 is 2.24 bits per heavy atom. The smallest absolute Gasteiger partial charge is 0.127 e. The Labute approximate surface area is 102 Å². The van der Waals surface area contributed by atoms with E-state index in [1.165, 1.54) is 0 Å². The minimum absolute atomic E-state index is 0.460. The van der Waals surface area contributed by atoms with Crippen LogP contribution in [-0.4, -0.2) is 33.5 Å². The second-order valence-corrected chi connectivity index (χ2v) is 4.12. The van der Waals surface area contributed by atoms with E-state index in [1.807, 2.05) is 18.2 Å². The molecular weight excluding hydrogens is 218 g/mol. The van der Waals surface area contributed by atoms with Crippen molar-refractivity contribution in [3.8, 4) is 11.5 Å². The lowest BCUT2D eigenvalue weighted by molar-refractivity contribution is 0.189. The van der Waals surface area contributed by atoms with E-state index in [1.54, 1.807) is 14.2 Å². The number of benzene rings is 1. The first-order chi connectivity index (χ1) is 8.33. The molecule has 0 saturated carbocycles. The van der Waals surface area contributed by atoms with Crippen LogP contribution < -0.4 is 14.8 Å². The van der Waals surface area contributed by atoms with Gasteiger partial charge in [0.1, 0.15) is 11.5 Å². The maximum Gasteiger partial charge on any atom is 0.127 e. The summed E-state index contributed by atoms with van der Waals surface area (Å²) < 4.78 is 15.8. The van der Waals surface area contributed by atoms with Gasteiger partial charge in [-0.3, -0.25) is 0 Å². The lowest BCUT2D eigenvalue weighted by atomic mass is 10.1. The first kappa shape index (κ1) is 12.2. The SMILES string of the molecule is COc1ccc(CNC2CCOC2)c(OC)c1. The van der Waals surface area contributed by atoms with Gasteiger partial charge in [-0.15, -0.1) is 0 Å². The Kier molecular flexibility index (Phi) is 4.23. The lowest BCUT2D eigenvalue weighted by Crippen LogP contribution is -2.28. The van der Waals surface area contributed by atoms with Gasteiger partial charge in [0.15, 0.2) is 0 Å². The number of hydrogen-bond donors (Lipinski definition) is 1. The van der Waals surface area contributed by atoms with Crippen LogP contribution in [0.5, 0.6) is 11.5 Å². The number of nitrogens with one attached hydrogen (secondary N) is 1. The van der Waals surface area contributed by atoms with Gasteiger partial charge in [-0.05, 0) is 12.5 Å². The predicted molar refractivity (Wildman–Crippen MR) is 65.6 cm³/mol. The summed E-state index contributed by atoms with van der Waals surface area (Å²) in [5.41, 5.74) is 1.14. The third-order valence-electron chi connectivity index (χ3n) is 3.01. The summed E-state index contributed by atoms with van der Waals surface area (Å²) in [4.78, 5) is 0. The van der Waals surface area contributed by atoms with Crippen LogP contribution in [0.2, 0.25) is 0 Å². The molecular formula is C13H19NO3. The molecule has 94 valence electrons. The van der Waals surface area contributed by atoms with Crippen molar-refractivity contribution in [2.45, 2.75) is 19.0 Å². The van der Waals surface area contributed by atoms with Gasteiger partial charge in [0.2, 0.25) is 0 Å². The summed E-state index contributed by atoms with van der Waals surface area (Å²) in [6.07, 6.45) is 1.08. The van der Waals surface area contributed by atoms with Crippen LogP contribution in [0.4, 0.5) is 0 Å². The topological polar surface area (TPSA) is 39.7 Å². The van der Waals surface area contributed by atoms with Crippen LogP contribution in [-0.2, 0) is 11.3 Å². The summed E-state index contributed by atoms with van der Waals surface area (Å²) in [6.45, 7) is 2.46. The minimum Gasteiger partial charge on any atom is -0.497 e. The molecule has 1 unspecified atom stereocenters. The Bertz CT molecular complexity index is 362. The molecule has 1 aliphatic rings. The van der Waals surface area contributed by atoms with E-state index >= 15 is 0 Å². The number of methoxy groups -OCH3 is 2. The van der Waals surface area contributed by atoms with Crippen molar-refractivity contribution in [2.24, 2.45) is 0 Å². The molecule has 0 amide bonds. The average molecular weight is 237 g/mol. The first-order valence-corrected chi connectivity index (χ1v) is 5.85. The van der Waals surface area contributed by atoms with Crippen molar-refractivity contribution in [3.05, 3.63) is 23.8 Å². The maximum atomic E-state index is 5.35. The fourth-order valence-corrected chi connectivity index (χ4v) is 1.95. The third-order valence-corrected chi connectivity index (χ3v) is 3.01. The molecule has 1 atom stereocenters. The van der Waals surface area contributed by atoms with Crippen molar-refractivity contribution in [3.63, 3.8) is 0 Å². The van der Waals surface area contributed by atoms with E-state index < -0.39 is 0 Å². The molecule has 4 nitrogen and oxygen atoms in total. The summed E-state index contributed by atoms with van der Waals surface area (Å²) in [7, 11) is 3.33. The predicted octanol–water partition coefficient (Wildman–Crippen LogP) is 1.58. The normalized spacial score (nSPS) is 19.3. The average Bonchev–Trinajstić information content (AvgIpc) is 2.89. The molecule has 4 heteroatoms. The first-order valence-electron chi connectivity index (χ1n) is 5.85. The lowest BCUT2D eigenvalue weighted by Gasteiger charge is -2.14. The zero-order valence-electron chi connectivity index (χ0n) is 10.4. The molecule has 1 aliphatic heterocycles. The fraction of sp³-hybridized carbons (Fsp3) is 0.538. The van der Waals surface area contributed by atoms with Crippen LogP contribution >= 0.6 is 0 Å². The highest BCUT2D eigenvalue weighted by Gasteiger charge is 2.15. The minimum atomic E-state index is 0.460. The van der Waals surface area contributed by atoms with E-state index in [2.05, 4.69) is 5.32 Å². The quantitative estimate of drug-likeness (QED) is 0.844.